The van der Waals surface area contributed by atoms with E-state index in [0.717, 1.165) is 17.3 Å². The highest BCUT2D eigenvalue weighted by molar-refractivity contribution is 9.10. The molecule has 0 spiro atoms. The number of anilines is 1. The van der Waals surface area contributed by atoms with Crippen LogP contribution in [0, 0.1) is 11.8 Å². The van der Waals surface area contributed by atoms with Gasteiger partial charge in [0.25, 0.3) is 0 Å². The van der Waals surface area contributed by atoms with E-state index < -0.39 is 0 Å². The van der Waals surface area contributed by atoms with Crippen molar-refractivity contribution in [2.24, 2.45) is 11.8 Å². The van der Waals surface area contributed by atoms with Crippen molar-refractivity contribution in [2.45, 2.75) is 19.3 Å². The molecule has 2 fully saturated rings. The molecular weight excluding hydrogens is 318 g/mol. The fourth-order valence-electron chi connectivity index (χ4n) is 2.80. The number of benzene rings is 1. The summed E-state index contributed by atoms with van der Waals surface area (Å²) in [4.78, 5) is 25.9. The second kappa shape index (κ2) is 4.35. The van der Waals surface area contributed by atoms with Crippen molar-refractivity contribution >= 4 is 45.0 Å². The van der Waals surface area contributed by atoms with Gasteiger partial charge in [0.15, 0.2) is 0 Å². The topological polar surface area (TPSA) is 37.4 Å². The van der Waals surface area contributed by atoms with E-state index in [2.05, 4.69) is 15.9 Å². The third-order valence-electron chi connectivity index (χ3n) is 3.72. The van der Waals surface area contributed by atoms with Crippen LogP contribution in [-0.2, 0) is 9.59 Å². The van der Waals surface area contributed by atoms with E-state index in [0.29, 0.717) is 17.1 Å². The minimum Gasteiger partial charge on any atom is -0.274 e. The first kappa shape index (κ1) is 12.2. The number of imide groups is 1. The Morgan fingerprint density at radius 3 is 2.39 bits per heavy atom. The summed E-state index contributed by atoms with van der Waals surface area (Å²) in [7, 11) is 0. The number of nitrogens with zero attached hydrogens (tertiary/aromatic N) is 1. The lowest BCUT2D eigenvalue weighted by atomic mass is 9.96. The Morgan fingerprint density at radius 1 is 1.17 bits per heavy atom. The average Bonchev–Trinajstić information content (AvgIpc) is 2.78. The van der Waals surface area contributed by atoms with Crippen LogP contribution in [0.1, 0.15) is 19.3 Å². The van der Waals surface area contributed by atoms with Gasteiger partial charge >= 0.3 is 0 Å². The monoisotopic (exact) mass is 327 g/mol. The number of halogens is 2. The van der Waals surface area contributed by atoms with Gasteiger partial charge in [-0.3, -0.25) is 9.59 Å². The highest BCUT2D eigenvalue weighted by Gasteiger charge is 2.46. The fourth-order valence-corrected chi connectivity index (χ4v) is 3.35. The molecule has 0 aromatic heterocycles. The zero-order chi connectivity index (χ0) is 12.9. The van der Waals surface area contributed by atoms with Gasteiger partial charge < -0.3 is 0 Å². The summed E-state index contributed by atoms with van der Waals surface area (Å²) in [6.07, 6.45) is 2.34. The minimum absolute atomic E-state index is 0.0113. The van der Waals surface area contributed by atoms with E-state index in [4.69, 9.17) is 11.6 Å². The molecule has 18 heavy (non-hydrogen) atoms. The smallest absolute Gasteiger partial charge is 0.236 e. The summed E-state index contributed by atoms with van der Waals surface area (Å²) in [6, 6.07) is 5.21. The molecule has 1 heterocycles. The van der Waals surface area contributed by atoms with Crippen LogP contribution in [-0.4, -0.2) is 11.8 Å². The van der Waals surface area contributed by atoms with Crippen molar-refractivity contribution in [2.75, 3.05) is 4.90 Å². The molecule has 3 rings (SSSR count). The van der Waals surface area contributed by atoms with E-state index in [1.54, 1.807) is 18.2 Å². The predicted molar refractivity (Wildman–Crippen MR) is 72.5 cm³/mol. The van der Waals surface area contributed by atoms with Crippen molar-refractivity contribution < 1.29 is 9.59 Å². The number of rotatable bonds is 1. The third-order valence-corrected chi connectivity index (χ3v) is 4.53. The lowest BCUT2D eigenvalue weighted by Crippen LogP contribution is -2.46. The number of carbonyl (C=O) groups is 2. The summed E-state index contributed by atoms with van der Waals surface area (Å²) in [5.41, 5.74) is 0.498. The molecule has 2 aliphatic rings. The minimum atomic E-state index is -0.103. The Hall–Kier alpha value is -0.870. The maximum atomic E-state index is 12.3. The summed E-state index contributed by atoms with van der Waals surface area (Å²) >= 11 is 9.45. The van der Waals surface area contributed by atoms with Crippen LogP contribution >= 0.6 is 27.5 Å². The summed E-state index contributed by atoms with van der Waals surface area (Å²) < 4.78 is 0.806. The molecule has 1 aromatic rings. The maximum absolute atomic E-state index is 12.3. The molecule has 1 aliphatic heterocycles. The zero-order valence-electron chi connectivity index (χ0n) is 9.53. The molecule has 2 bridgehead atoms. The van der Waals surface area contributed by atoms with Crippen molar-refractivity contribution in [3.63, 3.8) is 0 Å². The molecule has 3 nitrogen and oxygen atoms in total. The van der Waals surface area contributed by atoms with Crippen LogP contribution in [0.2, 0.25) is 5.02 Å². The largest absolute Gasteiger partial charge is 0.274 e. The lowest BCUT2D eigenvalue weighted by Gasteiger charge is -2.30. The number of carbonyl (C=O) groups excluding carboxylic acids is 2. The van der Waals surface area contributed by atoms with Crippen LogP contribution in [0.15, 0.2) is 22.7 Å². The van der Waals surface area contributed by atoms with Gasteiger partial charge in [0.1, 0.15) is 0 Å². The molecule has 2 unspecified atom stereocenters. The van der Waals surface area contributed by atoms with Gasteiger partial charge in [0.05, 0.1) is 10.7 Å². The van der Waals surface area contributed by atoms with E-state index in [9.17, 15) is 9.59 Å². The summed E-state index contributed by atoms with van der Waals surface area (Å²) in [5, 5.41) is 0.432. The number of hydrogen-bond acceptors (Lipinski definition) is 2. The average molecular weight is 329 g/mol. The first-order chi connectivity index (χ1) is 8.58. The first-order valence-corrected chi connectivity index (χ1v) is 7.08. The van der Waals surface area contributed by atoms with Gasteiger partial charge in [-0.1, -0.05) is 27.5 Å². The predicted octanol–water partition coefficient (Wildman–Crippen LogP) is 3.39. The van der Waals surface area contributed by atoms with Crippen molar-refractivity contribution in [3.05, 3.63) is 27.7 Å². The van der Waals surface area contributed by atoms with Crippen LogP contribution in [0.25, 0.3) is 0 Å². The Kier molecular flexibility index (Phi) is 2.94. The van der Waals surface area contributed by atoms with Crippen LogP contribution < -0.4 is 4.90 Å². The van der Waals surface area contributed by atoms with Crippen LogP contribution in [0.5, 0.6) is 0 Å². The second-order valence-electron chi connectivity index (χ2n) is 4.81. The molecule has 1 saturated carbocycles. The highest BCUT2D eigenvalue weighted by atomic mass is 79.9. The van der Waals surface area contributed by atoms with Crippen LogP contribution in [0.3, 0.4) is 0 Å². The van der Waals surface area contributed by atoms with Gasteiger partial charge in [0.2, 0.25) is 11.8 Å². The molecule has 2 amide bonds. The maximum Gasteiger partial charge on any atom is 0.236 e. The fraction of sp³-hybridized carbons (Fsp3) is 0.385. The summed E-state index contributed by atoms with van der Waals surface area (Å²) in [6.45, 7) is 0. The zero-order valence-corrected chi connectivity index (χ0v) is 11.9. The molecule has 1 aromatic carbocycles. The first-order valence-electron chi connectivity index (χ1n) is 5.91. The van der Waals surface area contributed by atoms with Gasteiger partial charge in [0, 0.05) is 16.3 Å². The molecule has 5 heteroatoms. The van der Waals surface area contributed by atoms with Crippen molar-refractivity contribution in [3.8, 4) is 0 Å². The van der Waals surface area contributed by atoms with E-state index >= 15 is 0 Å². The molecular formula is C13H11BrClNO2. The highest BCUT2D eigenvalue weighted by Crippen LogP contribution is 2.42. The van der Waals surface area contributed by atoms with Gasteiger partial charge in [-0.15, -0.1) is 0 Å². The normalized spacial score (nSPS) is 26.9. The SMILES string of the molecule is O=C1C2CCC(C2)C(=O)N1c1cc(Br)ccc1Cl. The number of piperidine rings is 1. The number of hydrogen-bond donors (Lipinski definition) is 0. The molecule has 1 saturated heterocycles. The van der Waals surface area contributed by atoms with Gasteiger partial charge in [-0.25, -0.2) is 4.90 Å². The van der Waals surface area contributed by atoms with E-state index in [1.165, 1.54) is 4.90 Å². The van der Waals surface area contributed by atoms with Gasteiger partial charge in [-0.2, -0.15) is 0 Å². The Bertz CT molecular complexity index is 524. The molecule has 0 N–H and O–H groups in total. The quantitative estimate of drug-likeness (QED) is 0.741. The number of fused-ring (bicyclic) bond motifs is 2. The van der Waals surface area contributed by atoms with Crippen molar-refractivity contribution in [1.82, 2.24) is 0 Å². The molecule has 94 valence electrons. The van der Waals surface area contributed by atoms with Crippen LogP contribution in [0.4, 0.5) is 5.69 Å². The van der Waals surface area contributed by atoms with Gasteiger partial charge in [-0.05, 0) is 37.5 Å². The Morgan fingerprint density at radius 2 is 1.78 bits per heavy atom. The standard InChI is InChI=1S/C13H11BrClNO2/c14-9-3-4-10(15)11(6-9)16-12(17)7-1-2-8(5-7)13(16)18/h3-4,6-8H,1-2,5H2. The molecule has 2 atom stereocenters. The Labute approximate surface area is 118 Å². The molecule has 1 aliphatic carbocycles. The van der Waals surface area contributed by atoms with E-state index in [-0.39, 0.29) is 23.7 Å². The van der Waals surface area contributed by atoms with Crippen molar-refractivity contribution in [1.29, 1.82) is 0 Å². The molecule has 0 radical (unpaired) electrons. The van der Waals surface area contributed by atoms with E-state index in [1.807, 2.05) is 0 Å². The number of amides is 2. The Balaban J connectivity index is 2.07. The lowest BCUT2D eigenvalue weighted by molar-refractivity contribution is -0.132. The third kappa shape index (κ3) is 1.79. The summed E-state index contributed by atoms with van der Waals surface area (Å²) in [5.74, 6) is -0.229. The second-order valence-corrected chi connectivity index (χ2v) is 6.14.